The zero-order valence-corrected chi connectivity index (χ0v) is 12.8. The zero-order valence-electron chi connectivity index (χ0n) is 11.2. The van der Waals surface area contributed by atoms with Crippen molar-refractivity contribution in [2.45, 2.75) is 30.8 Å². The summed E-state index contributed by atoms with van der Waals surface area (Å²) < 4.78 is 26.2. The number of pyridine rings is 1. The Labute approximate surface area is 120 Å². The third-order valence-electron chi connectivity index (χ3n) is 3.31. The minimum atomic E-state index is -3.47. The van der Waals surface area contributed by atoms with Crippen LogP contribution in [0.15, 0.2) is 23.4 Å². The van der Waals surface area contributed by atoms with Crippen LogP contribution in [-0.4, -0.2) is 43.9 Å². The zero-order chi connectivity index (χ0) is 13.2. The molecule has 2 rings (SSSR count). The summed E-state index contributed by atoms with van der Waals surface area (Å²) in [5.74, 6) is 0. The first-order valence-electron chi connectivity index (χ1n) is 6.13. The standard InChI is InChI=1S/C12H19N3O2S.ClH/c1-10-5-6-12(14-8-10)18(16,17)15(2)11-4-3-7-13-9-11;/h5-6,8,11,13H,3-4,7,9H2,1-2H3;1H. The Morgan fingerprint density at radius 3 is 2.68 bits per heavy atom. The van der Waals surface area contributed by atoms with Crippen molar-refractivity contribution in [2.75, 3.05) is 20.1 Å². The first-order valence-corrected chi connectivity index (χ1v) is 7.57. The molecule has 0 saturated carbocycles. The summed E-state index contributed by atoms with van der Waals surface area (Å²) in [7, 11) is -1.84. The van der Waals surface area contributed by atoms with Gasteiger partial charge in [-0.2, -0.15) is 4.31 Å². The van der Waals surface area contributed by atoms with Crippen molar-refractivity contribution in [3.8, 4) is 0 Å². The van der Waals surface area contributed by atoms with Crippen molar-refractivity contribution in [1.29, 1.82) is 0 Å². The summed E-state index contributed by atoms with van der Waals surface area (Å²) in [6.07, 6.45) is 3.49. The molecular weight excluding hydrogens is 286 g/mol. The summed E-state index contributed by atoms with van der Waals surface area (Å²) >= 11 is 0. The molecule has 1 atom stereocenters. The molecular formula is C12H20ClN3O2S. The van der Waals surface area contributed by atoms with Crippen LogP contribution < -0.4 is 5.32 Å². The Balaban J connectivity index is 0.00000180. The van der Waals surface area contributed by atoms with Gasteiger partial charge in [0.2, 0.25) is 0 Å². The number of rotatable bonds is 3. The van der Waals surface area contributed by atoms with E-state index in [0.717, 1.165) is 24.9 Å². The van der Waals surface area contributed by atoms with Crippen LogP contribution >= 0.6 is 12.4 Å². The molecule has 1 aliphatic heterocycles. The van der Waals surface area contributed by atoms with Gasteiger partial charge in [-0.15, -0.1) is 12.4 Å². The molecule has 1 aliphatic rings. The Morgan fingerprint density at radius 1 is 1.42 bits per heavy atom. The molecule has 1 N–H and O–H groups in total. The van der Waals surface area contributed by atoms with E-state index >= 15 is 0 Å². The highest BCUT2D eigenvalue weighted by Crippen LogP contribution is 2.18. The lowest BCUT2D eigenvalue weighted by Crippen LogP contribution is -2.46. The molecule has 1 fully saturated rings. The Hall–Kier alpha value is -0.690. The topological polar surface area (TPSA) is 62.3 Å². The van der Waals surface area contributed by atoms with Gasteiger partial charge in [-0.05, 0) is 37.9 Å². The van der Waals surface area contributed by atoms with E-state index in [1.165, 1.54) is 4.31 Å². The summed E-state index contributed by atoms with van der Waals surface area (Å²) in [6, 6.07) is 3.36. The highest BCUT2D eigenvalue weighted by molar-refractivity contribution is 7.89. The van der Waals surface area contributed by atoms with E-state index in [9.17, 15) is 8.42 Å². The molecule has 0 aromatic carbocycles. The second-order valence-corrected chi connectivity index (χ2v) is 6.64. The molecule has 108 valence electrons. The number of nitrogens with one attached hydrogen (secondary N) is 1. The normalized spacial score (nSPS) is 20.1. The number of hydrogen-bond donors (Lipinski definition) is 1. The van der Waals surface area contributed by atoms with Crippen LogP contribution in [0.5, 0.6) is 0 Å². The minimum Gasteiger partial charge on any atom is -0.315 e. The molecule has 1 aromatic rings. The largest absolute Gasteiger partial charge is 0.315 e. The fourth-order valence-corrected chi connectivity index (χ4v) is 3.39. The number of sulfonamides is 1. The quantitative estimate of drug-likeness (QED) is 0.911. The van der Waals surface area contributed by atoms with Crippen molar-refractivity contribution in [3.63, 3.8) is 0 Å². The molecule has 0 amide bonds. The maximum absolute atomic E-state index is 12.4. The van der Waals surface area contributed by atoms with Gasteiger partial charge in [0.15, 0.2) is 5.03 Å². The lowest BCUT2D eigenvalue weighted by molar-refractivity contribution is 0.299. The third kappa shape index (κ3) is 3.66. The molecule has 0 aliphatic carbocycles. The summed E-state index contributed by atoms with van der Waals surface area (Å²) in [5, 5.41) is 3.35. The summed E-state index contributed by atoms with van der Waals surface area (Å²) in [6.45, 7) is 3.56. The highest BCUT2D eigenvalue weighted by atomic mass is 35.5. The number of likely N-dealkylation sites (N-methyl/N-ethyl adjacent to an activating group) is 1. The third-order valence-corrected chi connectivity index (χ3v) is 5.14. The van der Waals surface area contributed by atoms with Gasteiger partial charge < -0.3 is 5.32 Å². The van der Waals surface area contributed by atoms with Crippen LogP contribution in [0.1, 0.15) is 18.4 Å². The molecule has 5 nitrogen and oxygen atoms in total. The Morgan fingerprint density at radius 2 is 2.16 bits per heavy atom. The molecule has 0 spiro atoms. The van der Waals surface area contributed by atoms with Gasteiger partial charge in [0.05, 0.1) is 0 Å². The van der Waals surface area contributed by atoms with E-state index in [2.05, 4.69) is 10.3 Å². The first kappa shape index (κ1) is 16.4. The van der Waals surface area contributed by atoms with Crippen LogP contribution in [0.3, 0.4) is 0 Å². The van der Waals surface area contributed by atoms with E-state index in [1.54, 1.807) is 25.4 Å². The predicted octanol–water partition coefficient (Wildman–Crippen LogP) is 1.18. The van der Waals surface area contributed by atoms with Crippen LogP contribution in [0.2, 0.25) is 0 Å². The Bertz CT molecular complexity index is 498. The average Bonchev–Trinajstić information content (AvgIpc) is 2.39. The fraction of sp³-hybridized carbons (Fsp3) is 0.583. The second kappa shape index (κ2) is 6.65. The average molecular weight is 306 g/mol. The van der Waals surface area contributed by atoms with Gasteiger partial charge >= 0.3 is 0 Å². The van der Waals surface area contributed by atoms with Gasteiger partial charge in [0.1, 0.15) is 0 Å². The van der Waals surface area contributed by atoms with Gasteiger partial charge in [0, 0.05) is 25.8 Å². The number of nitrogens with zero attached hydrogens (tertiary/aromatic N) is 2. The lowest BCUT2D eigenvalue weighted by Gasteiger charge is -2.30. The van der Waals surface area contributed by atoms with Gasteiger partial charge in [-0.1, -0.05) is 6.07 Å². The Kier molecular flexibility index (Phi) is 5.73. The molecule has 19 heavy (non-hydrogen) atoms. The van der Waals surface area contributed by atoms with E-state index in [4.69, 9.17) is 0 Å². The number of aromatic nitrogens is 1. The maximum atomic E-state index is 12.4. The van der Waals surface area contributed by atoms with Gasteiger partial charge in [-0.25, -0.2) is 13.4 Å². The number of hydrogen-bond acceptors (Lipinski definition) is 4. The molecule has 0 bridgehead atoms. The minimum absolute atomic E-state index is 0. The molecule has 7 heteroatoms. The predicted molar refractivity (Wildman–Crippen MR) is 77.1 cm³/mol. The smallest absolute Gasteiger partial charge is 0.260 e. The van der Waals surface area contributed by atoms with E-state index in [-0.39, 0.29) is 23.5 Å². The molecule has 2 heterocycles. The highest BCUT2D eigenvalue weighted by Gasteiger charge is 2.29. The van der Waals surface area contributed by atoms with Crippen LogP contribution in [0.25, 0.3) is 0 Å². The van der Waals surface area contributed by atoms with Crippen molar-refractivity contribution in [1.82, 2.24) is 14.6 Å². The number of aryl methyl sites for hydroxylation is 1. The second-order valence-electron chi connectivity index (χ2n) is 4.70. The molecule has 1 aromatic heterocycles. The van der Waals surface area contributed by atoms with E-state index in [0.29, 0.717) is 6.54 Å². The van der Waals surface area contributed by atoms with Gasteiger partial charge in [0.25, 0.3) is 10.0 Å². The van der Waals surface area contributed by atoms with E-state index in [1.807, 2.05) is 6.92 Å². The first-order chi connectivity index (χ1) is 8.51. The van der Waals surface area contributed by atoms with Crippen molar-refractivity contribution < 1.29 is 8.42 Å². The fourth-order valence-electron chi connectivity index (χ4n) is 2.09. The molecule has 1 saturated heterocycles. The van der Waals surface area contributed by atoms with Crippen molar-refractivity contribution in [3.05, 3.63) is 23.9 Å². The van der Waals surface area contributed by atoms with Crippen LogP contribution in [0.4, 0.5) is 0 Å². The monoisotopic (exact) mass is 305 g/mol. The SMILES string of the molecule is Cc1ccc(S(=O)(=O)N(C)C2CCCNC2)nc1.Cl. The van der Waals surface area contributed by atoms with Crippen molar-refractivity contribution >= 4 is 22.4 Å². The lowest BCUT2D eigenvalue weighted by atomic mass is 10.1. The van der Waals surface area contributed by atoms with Crippen molar-refractivity contribution in [2.24, 2.45) is 0 Å². The van der Waals surface area contributed by atoms with Gasteiger partial charge in [-0.3, -0.25) is 0 Å². The summed E-state index contributed by atoms with van der Waals surface area (Å²) in [4.78, 5) is 4.02. The number of piperidine rings is 1. The molecule has 1 unspecified atom stereocenters. The van der Waals surface area contributed by atoms with E-state index < -0.39 is 10.0 Å². The maximum Gasteiger partial charge on any atom is 0.260 e. The molecule has 0 radical (unpaired) electrons. The summed E-state index contributed by atoms with van der Waals surface area (Å²) in [5.41, 5.74) is 0.955. The van der Waals surface area contributed by atoms with Crippen LogP contribution in [0, 0.1) is 6.92 Å². The number of halogens is 1. The van der Waals surface area contributed by atoms with Crippen LogP contribution in [-0.2, 0) is 10.0 Å².